The normalized spacial score (nSPS) is 26.1. The van der Waals surface area contributed by atoms with Gasteiger partial charge in [-0.25, -0.2) is 0 Å². The van der Waals surface area contributed by atoms with Crippen LogP contribution in [-0.4, -0.2) is 56.1 Å². The van der Waals surface area contributed by atoms with Crippen molar-refractivity contribution in [2.75, 3.05) is 40.3 Å². The number of piperidine rings is 1. The molecule has 1 heterocycles. The van der Waals surface area contributed by atoms with Gasteiger partial charge in [0.2, 0.25) is 0 Å². The second-order valence-corrected chi connectivity index (χ2v) is 6.34. The van der Waals surface area contributed by atoms with E-state index in [2.05, 4.69) is 23.9 Å². The Kier molecular flexibility index (Phi) is 4.45. The maximum Gasteiger partial charge on any atom is 0.0113 e. The van der Waals surface area contributed by atoms with E-state index >= 15 is 0 Å². The third kappa shape index (κ3) is 3.21. The topological polar surface area (TPSA) is 32.5 Å². The van der Waals surface area contributed by atoms with Crippen molar-refractivity contribution in [3.05, 3.63) is 0 Å². The van der Waals surface area contributed by atoms with E-state index < -0.39 is 0 Å². The molecule has 0 atom stereocenters. The molecule has 2 fully saturated rings. The van der Waals surface area contributed by atoms with Crippen LogP contribution in [0.25, 0.3) is 0 Å². The van der Waals surface area contributed by atoms with Gasteiger partial charge in [0.1, 0.15) is 0 Å². The number of nitrogens with zero attached hydrogens (tertiary/aromatic N) is 2. The molecule has 0 amide bonds. The van der Waals surface area contributed by atoms with Gasteiger partial charge in [-0.15, -0.1) is 0 Å². The first-order valence-electron chi connectivity index (χ1n) is 7.24. The molecule has 17 heavy (non-hydrogen) atoms. The Morgan fingerprint density at radius 3 is 2.29 bits per heavy atom. The van der Waals surface area contributed by atoms with Gasteiger partial charge in [-0.1, -0.05) is 6.42 Å². The predicted octanol–water partition coefficient (Wildman–Crippen LogP) is 1.53. The van der Waals surface area contributed by atoms with Crippen LogP contribution >= 0.6 is 0 Å². The summed E-state index contributed by atoms with van der Waals surface area (Å²) in [6.07, 6.45) is 8.15. The third-order valence-corrected chi connectivity index (χ3v) is 5.09. The van der Waals surface area contributed by atoms with Crippen LogP contribution in [0, 0.1) is 5.41 Å². The van der Waals surface area contributed by atoms with Gasteiger partial charge in [0.05, 0.1) is 0 Å². The van der Waals surface area contributed by atoms with E-state index in [1.54, 1.807) is 0 Å². The summed E-state index contributed by atoms with van der Waals surface area (Å²) in [6, 6.07) is 0.804. The Morgan fingerprint density at radius 1 is 1.24 bits per heavy atom. The largest absolute Gasteiger partial charge is 0.330 e. The van der Waals surface area contributed by atoms with Crippen molar-refractivity contribution in [2.24, 2.45) is 11.1 Å². The van der Waals surface area contributed by atoms with Crippen LogP contribution in [0.15, 0.2) is 0 Å². The second kappa shape index (κ2) is 5.68. The number of nitrogens with two attached hydrogens (primary N) is 1. The van der Waals surface area contributed by atoms with Gasteiger partial charge in [0.15, 0.2) is 0 Å². The molecule has 3 nitrogen and oxygen atoms in total. The van der Waals surface area contributed by atoms with Crippen LogP contribution in [-0.2, 0) is 0 Å². The average Bonchev–Trinajstić information content (AvgIpc) is 2.29. The van der Waals surface area contributed by atoms with Crippen LogP contribution in [0.1, 0.15) is 38.5 Å². The lowest BCUT2D eigenvalue weighted by atomic mass is 9.66. The minimum Gasteiger partial charge on any atom is -0.330 e. The first-order chi connectivity index (χ1) is 8.15. The minimum atomic E-state index is 0.526. The minimum absolute atomic E-state index is 0.526. The molecular weight excluding hydrogens is 210 g/mol. The molecule has 1 aliphatic heterocycles. The number of likely N-dealkylation sites (tertiary alicyclic amines) is 1. The zero-order valence-electron chi connectivity index (χ0n) is 11.6. The zero-order chi connectivity index (χ0) is 12.3. The molecule has 0 aromatic rings. The summed E-state index contributed by atoms with van der Waals surface area (Å²) in [6.45, 7) is 4.74. The van der Waals surface area contributed by atoms with Gasteiger partial charge in [-0.2, -0.15) is 0 Å². The molecular formula is C14H29N3. The molecule has 1 saturated heterocycles. The van der Waals surface area contributed by atoms with Crippen LogP contribution in [0.2, 0.25) is 0 Å². The van der Waals surface area contributed by atoms with Crippen molar-refractivity contribution in [3.8, 4) is 0 Å². The maximum absolute atomic E-state index is 5.92. The molecule has 0 bridgehead atoms. The Balaban J connectivity index is 1.68. The van der Waals surface area contributed by atoms with Crippen molar-refractivity contribution in [3.63, 3.8) is 0 Å². The Morgan fingerprint density at radius 2 is 1.88 bits per heavy atom. The smallest absolute Gasteiger partial charge is 0.0113 e. The standard InChI is InChI=1S/C14H29N3/c1-16(2)13-4-9-17(10-5-13)11-8-14(12-15)6-3-7-14/h13H,3-12,15H2,1-2H3. The quantitative estimate of drug-likeness (QED) is 0.790. The van der Waals surface area contributed by atoms with Crippen molar-refractivity contribution in [1.82, 2.24) is 9.80 Å². The van der Waals surface area contributed by atoms with Crippen LogP contribution in [0.5, 0.6) is 0 Å². The summed E-state index contributed by atoms with van der Waals surface area (Å²) in [5.41, 5.74) is 6.45. The highest BCUT2D eigenvalue weighted by molar-refractivity contribution is 4.89. The van der Waals surface area contributed by atoms with E-state index in [-0.39, 0.29) is 0 Å². The fourth-order valence-corrected chi connectivity index (χ4v) is 3.29. The van der Waals surface area contributed by atoms with Crippen molar-refractivity contribution in [1.29, 1.82) is 0 Å². The van der Waals surface area contributed by atoms with Crippen LogP contribution in [0.4, 0.5) is 0 Å². The van der Waals surface area contributed by atoms with Gasteiger partial charge in [0.25, 0.3) is 0 Å². The number of hydrogen-bond acceptors (Lipinski definition) is 3. The fraction of sp³-hybridized carbons (Fsp3) is 1.00. The van der Waals surface area contributed by atoms with Gasteiger partial charge in [0, 0.05) is 6.04 Å². The van der Waals surface area contributed by atoms with Crippen molar-refractivity contribution >= 4 is 0 Å². The van der Waals surface area contributed by atoms with Gasteiger partial charge >= 0.3 is 0 Å². The first kappa shape index (κ1) is 13.3. The molecule has 1 aliphatic carbocycles. The molecule has 0 radical (unpaired) electrons. The van der Waals surface area contributed by atoms with E-state index in [1.165, 1.54) is 58.2 Å². The Labute approximate surface area is 106 Å². The van der Waals surface area contributed by atoms with Gasteiger partial charge < -0.3 is 15.5 Å². The SMILES string of the molecule is CN(C)C1CCN(CCC2(CN)CCC2)CC1. The average molecular weight is 239 g/mol. The molecule has 0 aromatic carbocycles. The molecule has 0 spiro atoms. The van der Waals surface area contributed by atoms with Crippen LogP contribution in [0.3, 0.4) is 0 Å². The van der Waals surface area contributed by atoms with Gasteiger partial charge in [-0.3, -0.25) is 0 Å². The molecule has 0 aromatic heterocycles. The summed E-state index contributed by atoms with van der Waals surface area (Å²) in [5.74, 6) is 0. The summed E-state index contributed by atoms with van der Waals surface area (Å²) in [7, 11) is 4.41. The van der Waals surface area contributed by atoms with E-state index in [1.807, 2.05) is 0 Å². The second-order valence-electron chi connectivity index (χ2n) is 6.34. The fourth-order valence-electron chi connectivity index (χ4n) is 3.29. The number of hydrogen-bond donors (Lipinski definition) is 1. The Hall–Kier alpha value is -0.120. The predicted molar refractivity (Wildman–Crippen MR) is 73.1 cm³/mol. The van der Waals surface area contributed by atoms with Crippen LogP contribution < -0.4 is 5.73 Å². The summed E-state index contributed by atoms with van der Waals surface area (Å²) >= 11 is 0. The third-order valence-electron chi connectivity index (χ3n) is 5.09. The zero-order valence-corrected chi connectivity index (χ0v) is 11.6. The molecule has 0 unspecified atom stereocenters. The molecule has 2 rings (SSSR count). The molecule has 2 aliphatic rings. The molecule has 100 valence electrons. The van der Waals surface area contributed by atoms with Crippen molar-refractivity contribution in [2.45, 2.75) is 44.6 Å². The lowest BCUT2D eigenvalue weighted by Crippen LogP contribution is -2.45. The summed E-state index contributed by atoms with van der Waals surface area (Å²) < 4.78 is 0. The lowest BCUT2D eigenvalue weighted by molar-refractivity contribution is 0.0859. The number of rotatable bonds is 5. The Bertz CT molecular complexity index is 222. The highest BCUT2D eigenvalue weighted by atomic mass is 15.2. The van der Waals surface area contributed by atoms with E-state index in [4.69, 9.17) is 5.73 Å². The van der Waals surface area contributed by atoms with Gasteiger partial charge in [-0.05, 0) is 77.8 Å². The van der Waals surface area contributed by atoms with E-state index in [0.717, 1.165) is 12.6 Å². The maximum atomic E-state index is 5.92. The molecule has 1 saturated carbocycles. The highest BCUT2D eigenvalue weighted by Crippen LogP contribution is 2.43. The van der Waals surface area contributed by atoms with E-state index in [0.29, 0.717) is 5.41 Å². The summed E-state index contributed by atoms with van der Waals surface area (Å²) in [5, 5.41) is 0. The molecule has 3 heteroatoms. The summed E-state index contributed by atoms with van der Waals surface area (Å²) in [4.78, 5) is 5.03. The highest BCUT2D eigenvalue weighted by Gasteiger charge is 2.35. The van der Waals surface area contributed by atoms with Crippen molar-refractivity contribution < 1.29 is 0 Å². The van der Waals surface area contributed by atoms with E-state index in [9.17, 15) is 0 Å². The first-order valence-corrected chi connectivity index (χ1v) is 7.24. The lowest BCUT2D eigenvalue weighted by Gasteiger charge is -2.43. The molecule has 2 N–H and O–H groups in total. The monoisotopic (exact) mass is 239 g/mol.